The van der Waals surface area contributed by atoms with Gasteiger partial charge in [0.1, 0.15) is 0 Å². The van der Waals surface area contributed by atoms with E-state index in [1.165, 1.54) is 0 Å². The zero-order valence-corrected chi connectivity index (χ0v) is 10.6. The van der Waals surface area contributed by atoms with Crippen LogP contribution in [0.1, 0.15) is 18.4 Å². The molecule has 4 heteroatoms. The van der Waals surface area contributed by atoms with Crippen LogP contribution in [-0.4, -0.2) is 42.6 Å². The summed E-state index contributed by atoms with van der Waals surface area (Å²) in [6.07, 6.45) is 1.65. The van der Waals surface area contributed by atoms with E-state index in [-0.39, 0.29) is 5.91 Å². The maximum absolute atomic E-state index is 12.0. The van der Waals surface area contributed by atoms with Crippen molar-refractivity contribution in [1.29, 1.82) is 0 Å². The summed E-state index contributed by atoms with van der Waals surface area (Å²) in [7, 11) is 1.96. The van der Waals surface area contributed by atoms with E-state index in [2.05, 4.69) is 0 Å². The molecule has 18 heavy (non-hydrogen) atoms. The summed E-state index contributed by atoms with van der Waals surface area (Å²) in [6.45, 7) is 2.08. The second-order valence-corrected chi connectivity index (χ2v) is 5.37. The van der Waals surface area contributed by atoms with E-state index < -0.39 is 5.60 Å². The lowest BCUT2D eigenvalue weighted by Crippen LogP contribution is -2.48. The van der Waals surface area contributed by atoms with Crippen LogP contribution in [-0.2, 0) is 10.4 Å². The van der Waals surface area contributed by atoms with Gasteiger partial charge < -0.3 is 10.0 Å². The molecule has 0 radical (unpaired) electrons. The molecule has 2 fully saturated rings. The van der Waals surface area contributed by atoms with E-state index in [4.69, 9.17) is 0 Å². The van der Waals surface area contributed by atoms with Crippen molar-refractivity contribution < 1.29 is 9.90 Å². The lowest BCUT2D eigenvalue weighted by atomic mass is 10.1. The molecular formula is C14H18N2O2. The largest absolute Gasteiger partial charge is 0.385 e. The average molecular weight is 246 g/mol. The van der Waals surface area contributed by atoms with Crippen molar-refractivity contribution in [3.05, 3.63) is 29.8 Å². The zero-order valence-electron chi connectivity index (χ0n) is 10.6. The Morgan fingerprint density at radius 2 is 2.06 bits per heavy atom. The number of nitrogens with zero attached hydrogens (tertiary/aromatic N) is 2. The second-order valence-electron chi connectivity index (χ2n) is 5.37. The molecule has 1 saturated heterocycles. The Kier molecular flexibility index (Phi) is 2.64. The third-order valence-electron chi connectivity index (χ3n) is 3.83. The number of piperazine rings is 1. The molecule has 96 valence electrons. The zero-order chi connectivity index (χ0) is 12.8. The molecule has 1 aromatic rings. The SMILES string of the molecule is CN1CCN(c2cccc(C3(O)CC3)c2)C(=O)C1. The third-order valence-corrected chi connectivity index (χ3v) is 3.83. The standard InChI is InChI=1S/C14H18N2O2/c1-15-7-8-16(13(17)10-15)12-4-2-3-11(9-12)14(18)5-6-14/h2-4,9,18H,5-8,10H2,1H3. The molecule has 1 aliphatic heterocycles. The maximum atomic E-state index is 12.0. The van der Waals surface area contributed by atoms with E-state index in [1.807, 2.05) is 41.1 Å². The highest BCUT2D eigenvalue weighted by molar-refractivity contribution is 5.95. The van der Waals surface area contributed by atoms with Crippen LogP contribution in [0.25, 0.3) is 0 Å². The van der Waals surface area contributed by atoms with E-state index in [9.17, 15) is 9.90 Å². The number of amides is 1. The molecule has 1 saturated carbocycles. The fourth-order valence-corrected chi connectivity index (χ4v) is 2.43. The molecular weight excluding hydrogens is 228 g/mol. The Morgan fingerprint density at radius 3 is 2.72 bits per heavy atom. The van der Waals surface area contributed by atoms with Crippen LogP contribution in [0.4, 0.5) is 5.69 Å². The van der Waals surface area contributed by atoms with Crippen LogP contribution in [0.2, 0.25) is 0 Å². The van der Waals surface area contributed by atoms with Gasteiger partial charge in [-0.2, -0.15) is 0 Å². The quantitative estimate of drug-likeness (QED) is 0.845. The van der Waals surface area contributed by atoms with Gasteiger partial charge in [0.2, 0.25) is 5.91 Å². The molecule has 0 spiro atoms. The smallest absolute Gasteiger partial charge is 0.241 e. The fourth-order valence-electron chi connectivity index (χ4n) is 2.43. The highest BCUT2D eigenvalue weighted by Crippen LogP contribution is 2.45. The molecule has 1 aliphatic carbocycles. The van der Waals surface area contributed by atoms with Crippen molar-refractivity contribution in [3.63, 3.8) is 0 Å². The van der Waals surface area contributed by atoms with Crippen LogP contribution < -0.4 is 4.90 Å². The predicted molar refractivity (Wildman–Crippen MR) is 69.4 cm³/mol. The van der Waals surface area contributed by atoms with Gasteiger partial charge in [0.05, 0.1) is 12.1 Å². The number of rotatable bonds is 2. The molecule has 1 aromatic carbocycles. The predicted octanol–water partition coefficient (Wildman–Crippen LogP) is 0.946. The van der Waals surface area contributed by atoms with E-state index >= 15 is 0 Å². The topological polar surface area (TPSA) is 43.8 Å². The van der Waals surface area contributed by atoms with Crippen molar-refractivity contribution in [2.24, 2.45) is 0 Å². The van der Waals surface area contributed by atoms with Gasteiger partial charge in [-0.25, -0.2) is 0 Å². The van der Waals surface area contributed by atoms with Gasteiger partial charge >= 0.3 is 0 Å². The Bertz CT molecular complexity index is 482. The average Bonchev–Trinajstić information content (AvgIpc) is 3.09. The van der Waals surface area contributed by atoms with Crippen molar-refractivity contribution in [2.75, 3.05) is 31.6 Å². The van der Waals surface area contributed by atoms with Crippen LogP contribution >= 0.6 is 0 Å². The lowest BCUT2D eigenvalue weighted by molar-refractivity contribution is -0.120. The third kappa shape index (κ3) is 2.02. The van der Waals surface area contributed by atoms with Crippen LogP contribution in [0.3, 0.4) is 0 Å². The number of carbonyl (C=O) groups is 1. The van der Waals surface area contributed by atoms with Gasteiger partial charge in [0, 0.05) is 18.8 Å². The first kappa shape index (κ1) is 11.7. The van der Waals surface area contributed by atoms with E-state index in [1.54, 1.807) is 0 Å². The number of benzene rings is 1. The Hall–Kier alpha value is -1.39. The molecule has 1 heterocycles. The highest BCUT2D eigenvalue weighted by atomic mass is 16.3. The summed E-state index contributed by atoms with van der Waals surface area (Å²) in [4.78, 5) is 15.8. The maximum Gasteiger partial charge on any atom is 0.241 e. The number of hydrogen-bond donors (Lipinski definition) is 1. The Morgan fingerprint density at radius 1 is 1.28 bits per heavy atom. The lowest BCUT2D eigenvalue weighted by Gasteiger charge is -2.32. The van der Waals surface area contributed by atoms with Crippen molar-refractivity contribution in [2.45, 2.75) is 18.4 Å². The van der Waals surface area contributed by atoms with Gasteiger partial charge in [-0.05, 0) is 37.6 Å². The minimum atomic E-state index is -0.633. The van der Waals surface area contributed by atoms with Crippen molar-refractivity contribution in [1.82, 2.24) is 4.90 Å². The summed E-state index contributed by atoms with van der Waals surface area (Å²) in [5.41, 5.74) is 1.21. The Labute approximate surface area is 107 Å². The molecule has 4 nitrogen and oxygen atoms in total. The van der Waals surface area contributed by atoms with Gasteiger partial charge in [-0.15, -0.1) is 0 Å². The summed E-state index contributed by atoms with van der Waals surface area (Å²) in [6, 6.07) is 7.76. The molecule has 1 N–H and O–H groups in total. The summed E-state index contributed by atoms with van der Waals surface area (Å²) in [5, 5.41) is 10.1. The number of aliphatic hydroxyl groups is 1. The fraction of sp³-hybridized carbons (Fsp3) is 0.500. The minimum absolute atomic E-state index is 0.128. The first-order valence-corrected chi connectivity index (χ1v) is 6.40. The van der Waals surface area contributed by atoms with Crippen LogP contribution in [0, 0.1) is 0 Å². The van der Waals surface area contributed by atoms with Crippen LogP contribution in [0.15, 0.2) is 24.3 Å². The van der Waals surface area contributed by atoms with Gasteiger partial charge in [0.25, 0.3) is 0 Å². The van der Waals surface area contributed by atoms with E-state index in [0.717, 1.165) is 37.2 Å². The number of likely N-dealkylation sites (N-methyl/N-ethyl adjacent to an activating group) is 1. The monoisotopic (exact) mass is 246 g/mol. The number of anilines is 1. The summed E-state index contributed by atoms with van der Waals surface area (Å²) >= 11 is 0. The number of carbonyl (C=O) groups excluding carboxylic acids is 1. The molecule has 0 atom stereocenters. The first-order valence-electron chi connectivity index (χ1n) is 6.40. The molecule has 3 rings (SSSR count). The van der Waals surface area contributed by atoms with Gasteiger partial charge in [0.15, 0.2) is 0 Å². The Balaban J connectivity index is 1.86. The highest BCUT2D eigenvalue weighted by Gasteiger charge is 2.42. The summed E-state index contributed by atoms with van der Waals surface area (Å²) in [5.74, 6) is 0.128. The molecule has 0 bridgehead atoms. The van der Waals surface area contributed by atoms with Gasteiger partial charge in [-0.3, -0.25) is 9.69 Å². The molecule has 0 aromatic heterocycles. The minimum Gasteiger partial charge on any atom is -0.385 e. The normalized spacial score (nSPS) is 23.2. The molecule has 2 aliphatic rings. The van der Waals surface area contributed by atoms with Crippen molar-refractivity contribution >= 4 is 11.6 Å². The first-order chi connectivity index (χ1) is 8.58. The number of hydrogen-bond acceptors (Lipinski definition) is 3. The van der Waals surface area contributed by atoms with Crippen LogP contribution in [0.5, 0.6) is 0 Å². The summed E-state index contributed by atoms with van der Waals surface area (Å²) < 4.78 is 0. The second kappa shape index (κ2) is 4.07. The van der Waals surface area contributed by atoms with Crippen molar-refractivity contribution in [3.8, 4) is 0 Å². The molecule has 1 amide bonds. The van der Waals surface area contributed by atoms with Gasteiger partial charge in [-0.1, -0.05) is 12.1 Å². The molecule has 0 unspecified atom stereocenters. The van der Waals surface area contributed by atoms with E-state index in [0.29, 0.717) is 6.54 Å².